The molecule has 5 nitrogen and oxygen atoms in total. The van der Waals surface area contributed by atoms with E-state index in [2.05, 4.69) is 5.32 Å². The molecule has 0 saturated carbocycles. The average Bonchev–Trinajstić information content (AvgIpc) is 2.05. The van der Waals surface area contributed by atoms with E-state index in [1.165, 1.54) is 0 Å². The Kier molecular flexibility index (Phi) is 6.89. The summed E-state index contributed by atoms with van der Waals surface area (Å²) >= 11 is 0. The molecule has 1 aliphatic heterocycles. The van der Waals surface area contributed by atoms with Crippen molar-refractivity contribution in [2.24, 2.45) is 0 Å². The van der Waals surface area contributed by atoms with Crippen molar-refractivity contribution in [3.63, 3.8) is 0 Å². The predicted octanol–water partition coefficient (Wildman–Crippen LogP) is -0.502. The Bertz CT molecular complexity index is 149. The fourth-order valence-electron chi connectivity index (χ4n) is 1.00. The maximum Gasteiger partial charge on any atom is 0.329 e. The zero-order valence-corrected chi connectivity index (χ0v) is 8.01. The largest absolute Gasteiger partial charge is 0.480 e. The van der Waals surface area contributed by atoms with Crippen molar-refractivity contribution >= 4 is 18.4 Å². The van der Waals surface area contributed by atoms with Crippen LogP contribution >= 0.6 is 12.4 Å². The first-order chi connectivity index (χ1) is 5.79. The highest BCUT2D eigenvalue weighted by Crippen LogP contribution is 1.95. The van der Waals surface area contributed by atoms with Crippen LogP contribution < -0.4 is 5.32 Å². The van der Waals surface area contributed by atoms with Crippen LogP contribution in [0.2, 0.25) is 0 Å². The Morgan fingerprint density at radius 2 is 2.46 bits per heavy atom. The highest BCUT2D eigenvalue weighted by Gasteiger charge is 2.13. The summed E-state index contributed by atoms with van der Waals surface area (Å²) < 4.78 is 10.1. The molecule has 6 heteroatoms. The standard InChI is InChI=1S/C7H13NO4.ClH/c9-7(10)5-11-4-6-3-8-1-2-12-6;/h6,8H,1-5H2,(H,9,10);1H. The van der Waals surface area contributed by atoms with E-state index in [-0.39, 0.29) is 25.1 Å². The number of aliphatic carboxylic acids is 1. The molecule has 0 aromatic rings. The van der Waals surface area contributed by atoms with Crippen molar-refractivity contribution in [3.05, 3.63) is 0 Å². The third kappa shape index (κ3) is 5.81. The summed E-state index contributed by atoms with van der Waals surface area (Å²) in [6.07, 6.45) is -0.00176. The number of carboxylic acid groups (broad SMARTS) is 1. The quantitative estimate of drug-likeness (QED) is 0.656. The first kappa shape index (κ1) is 12.6. The molecule has 1 fully saturated rings. The summed E-state index contributed by atoms with van der Waals surface area (Å²) in [5.74, 6) is -0.946. The van der Waals surface area contributed by atoms with Crippen LogP contribution in [0, 0.1) is 0 Å². The van der Waals surface area contributed by atoms with E-state index in [1.54, 1.807) is 0 Å². The molecule has 1 saturated heterocycles. The molecule has 0 spiro atoms. The SMILES string of the molecule is Cl.O=C(O)COCC1CNCCO1. The highest BCUT2D eigenvalue weighted by molar-refractivity contribution is 5.85. The smallest absolute Gasteiger partial charge is 0.329 e. The number of halogens is 1. The Labute approximate surface area is 82.8 Å². The molecule has 78 valence electrons. The lowest BCUT2D eigenvalue weighted by molar-refractivity contribution is -0.144. The lowest BCUT2D eigenvalue weighted by atomic mass is 10.3. The van der Waals surface area contributed by atoms with Gasteiger partial charge in [0.15, 0.2) is 0 Å². The summed E-state index contributed by atoms with van der Waals surface area (Å²) in [5, 5.41) is 11.4. The van der Waals surface area contributed by atoms with E-state index in [0.29, 0.717) is 13.2 Å². The number of carbonyl (C=O) groups is 1. The molecule has 1 rings (SSSR count). The maximum atomic E-state index is 10.1. The minimum absolute atomic E-state index is 0. The van der Waals surface area contributed by atoms with Gasteiger partial charge >= 0.3 is 5.97 Å². The van der Waals surface area contributed by atoms with Gasteiger partial charge in [0.2, 0.25) is 0 Å². The lowest BCUT2D eigenvalue weighted by Crippen LogP contribution is -2.41. The van der Waals surface area contributed by atoms with Crippen molar-refractivity contribution in [1.82, 2.24) is 5.32 Å². The molecule has 1 unspecified atom stereocenters. The Balaban J connectivity index is 0.00000144. The minimum atomic E-state index is -0.946. The van der Waals surface area contributed by atoms with Crippen LogP contribution in [0.1, 0.15) is 0 Å². The van der Waals surface area contributed by atoms with Gasteiger partial charge in [0.25, 0.3) is 0 Å². The second-order valence-corrected chi connectivity index (χ2v) is 2.61. The molecule has 2 N–H and O–H groups in total. The number of hydrogen-bond acceptors (Lipinski definition) is 4. The summed E-state index contributed by atoms with van der Waals surface area (Å²) in [6.45, 7) is 2.36. The fourth-order valence-corrected chi connectivity index (χ4v) is 1.00. The molecule has 1 heterocycles. The maximum absolute atomic E-state index is 10.1. The molecule has 0 bridgehead atoms. The van der Waals surface area contributed by atoms with Gasteiger partial charge in [0, 0.05) is 13.1 Å². The van der Waals surface area contributed by atoms with E-state index in [9.17, 15) is 4.79 Å². The van der Waals surface area contributed by atoms with E-state index >= 15 is 0 Å². The topological polar surface area (TPSA) is 67.8 Å². The first-order valence-electron chi connectivity index (χ1n) is 3.91. The lowest BCUT2D eigenvalue weighted by Gasteiger charge is -2.22. The molecule has 1 atom stereocenters. The van der Waals surface area contributed by atoms with Gasteiger partial charge in [-0.2, -0.15) is 0 Å². The van der Waals surface area contributed by atoms with Gasteiger partial charge < -0.3 is 19.9 Å². The number of morpholine rings is 1. The van der Waals surface area contributed by atoms with Crippen molar-refractivity contribution in [2.75, 3.05) is 32.9 Å². The molecule has 1 aliphatic rings. The van der Waals surface area contributed by atoms with Crippen LogP contribution in [0.25, 0.3) is 0 Å². The number of rotatable bonds is 4. The summed E-state index contributed by atoms with van der Waals surface area (Å²) in [4.78, 5) is 10.1. The normalized spacial score (nSPS) is 22.0. The predicted molar refractivity (Wildman–Crippen MR) is 48.3 cm³/mol. The molecule has 0 amide bonds. The zero-order valence-electron chi connectivity index (χ0n) is 7.19. The molecular weight excluding hydrogens is 198 g/mol. The first-order valence-corrected chi connectivity index (χ1v) is 3.91. The van der Waals surface area contributed by atoms with Gasteiger partial charge in [-0.15, -0.1) is 12.4 Å². The van der Waals surface area contributed by atoms with Crippen LogP contribution in [0.15, 0.2) is 0 Å². The van der Waals surface area contributed by atoms with Crippen LogP contribution in [-0.4, -0.2) is 50.1 Å². The van der Waals surface area contributed by atoms with Crippen molar-refractivity contribution in [2.45, 2.75) is 6.10 Å². The van der Waals surface area contributed by atoms with E-state index in [0.717, 1.165) is 13.1 Å². The van der Waals surface area contributed by atoms with Crippen molar-refractivity contribution < 1.29 is 19.4 Å². The van der Waals surface area contributed by atoms with Crippen LogP contribution in [0.4, 0.5) is 0 Å². The third-order valence-corrected chi connectivity index (χ3v) is 1.53. The number of ether oxygens (including phenoxy) is 2. The Hall–Kier alpha value is -0.360. The van der Waals surface area contributed by atoms with E-state index in [1.807, 2.05) is 0 Å². The van der Waals surface area contributed by atoms with Gasteiger partial charge in [-0.1, -0.05) is 0 Å². The third-order valence-electron chi connectivity index (χ3n) is 1.53. The van der Waals surface area contributed by atoms with E-state index in [4.69, 9.17) is 14.6 Å². The fraction of sp³-hybridized carbons (Fsp3) is 0.857. The van der Waals surface area contributed by atoms with Gasteiger partial charge in [-0.25, -0.2) is 4.79 Å². The second-order valence-electron chi connectivity index (χ2n) is 2.61. The summed E-state index contributed by atoms with van der Waals surface area (Å²) in [6, 6.07) is 0. The highest BCUT2D eigenvalue weighted by atomic mass is 35.5. The van der Waals surface area contributed by atoms with Crippen LogP contribution in [0.5, 0.6) is 0 Å². The van der Waals surface area contributed by atoms with E-state index < -0.39 is 5.97 Å². The molecular formula is C7H14ClNO4. The minimum Gasteiger partial charge on any atom is -0.480 e. The summed E-state index contributed by atoms with van der Waals surface area (Å²) in [5.41, 5.74) is 0. The molecule has 0 radical (unpaired) electrons. The number of carboxylic acids is 1. The van der Waals surface area contributed by atoms with Crippen LogP contribution in [-0.2, 0) is 14.3 Å². The monoisotopic (exact) mass is 211 g/mol. The Morgan fingerprint density at radius 3 is 3.00 bits per heavy atom. The van der Waals surface area contributed by atoms with Gasteiger partial charge in [-0.05, 0) is 0 Å². The number of hydrogen-bond donors (Lipinski definition) is 2. The van der Waals surface area contributed by atoms with Gasteiger partial charge in [0.1, 0.15) is 6.61 Å². The Morgan fingerprint density at radius 1 is 1.69 bits per heavy atom. The van der Waals surface area contributed by atoms with Gasteiger partial charge in [-0.3, -0.25) is 0 Å². The molecule has 13 heavy (non-hydrogen) atoms. The molecule has 0 aromatic carbocycles. The van der Waals surface area contributed by atoms with Gasteiger partial charge in [0.05, 0.1) is 19.3 Å². The zero-order chi connectivity index (χ0) is 8.81. The van der Waals surface area contributed by atoms with Crippen molar-refractivity contribution in [1.29, 1.82) is 0 Å². The van der Waals surface area contributed by atoms with Crippen LogP contribution in [0.3, 0.4) is 0 Å². The average molecular weight is 212 g/mol. The molecule has 0 aliphatic carbocycles. The number of nitrogens with one attached hydrogen (secondary N) is 1. The van der Waals surface area contributed by atoms with Crippen molar-refractivity contribution in [3.8, 4) is 0 Å². The summed E-state index contributed by atoms with van der Waals surface area (Å²) in [7, 11) is 0. The molecule has 0 aromatic heterocycles. The second kappa shape index (κ2) is 7.08.